The fraction of sp³-hybridized carbons (Fsp3) is 0. The Morgan fingerprint density at radius 3 is 1.16 bits per heavy atom. The SMILES string of the molecule is N#Cc1c(-c2ccccc2)c(C#N)c(-n2c3ccccc3c3ccc4c5ccccc5oc4c32)c(-c2ccccc2)c1-n1c2ccccc2c2ccc3c4ccccc4oc3c21. The van der Waals surface area contributed by atoms with E-state index in [2.05, 4.69) is 106 Å². The zero-order valence-corrected chi connectivity index (χ0v) is 32.9. The minimum atomic E-state index is 0.376. The molecule has 0 unspecified atom stereocenters. The van der Waals surface area contributed by atoms with Gasteiger partial charge in [-0.3, -0.25) is 0 Å². The Hall–Kier alpha value is -8.84. The molecule has 0 saturated heterocycles. The molecule has 6 nitrogen and oxygen atoms in total. The fourth-order valence-corrected chi connectivity index (χ4v) is 10.1. The van der Waals surface area contributed by atoms with E-state index in [1.807, 2.05) is 97.1 Å². The molecule has 0 fully saturated rings. The molecule has 4 aromatic heterocycles. The van der Waals surface area contributed by atoms with Crippen molar-refractivity contribution < 1.29 is 8.83 Å². The number of fused-ring (bicyclic) bond motifs is 14. The van der Waals surface area contributed by atoms with Crippen molar-refractivity contribution >= 4 is 87.5 Å². The third-order valence-corrected chi connectivity index (χ3v) is 12.6. The lowest BCUT2D eigenvalue weighted by Gasteiger charge is -2.25. The number of furan rings is 2. The summed E-state index contributed by atoms with van der Waals surface area (Å²) in [5.41, 5.74) is 11.4. The summed E-state index contributed by atoms with van der Waals surface area (Å²) in [6.45, 7) is 0. The summed E-state index contributed by atoms with van der Waals surface area (Å²) in [7, 11) is 0. The molecule has 6 heteroatoms. The predicted octanol–water partition coefficient (Wildman–Crippen LogP) is 14.8. The van der Waals surface area contributed by atoms with Gasteiger partial charge in [0.15, 0.2) is 11.2 Å². The molecule has 9 aromatic carbocycles. The molecule has 0 aliphatic rings. The maximum Gasteiger partial charge on any atom is 0.160 e. The second-order valence-electron chi connectivity index (χ2n) is 15.7. The van der Waals surface area contributed by atoms with Crippen LogP contribution in [0.25, 0.3) is 121 Å². The minimum Gasteiger partial charge on any atom is -0.454 e. The number of rotatable bonds is 4. The van der Waals surface area contributed by atoms with Gasteiger partial charge in [-0.25, -0.2) is 0 Å². The van der Waals surface area contributed by atoms with Gasteiger partial charge in [0.05, 0.1) is 44.6 Å². The third kappa shape index (κ3) is 4.50. The van der Waals surface area contributed by atoms with E-state index in [-0.39, 0.29) is 0 Å². The zero-order chi connectivity index (χ0) is 41.1. The van der Waals surface area contributed by atoms with Crippen LogP contribution in [-0.2, 0) is 0 Å². The molecule has 0 aliphatic heterocycles. The van der Waals surface area contributed by atoms with Gasteiger partial charge in [-0.15, -0.1) is 0 Å². The van der Waals surface area contributed by atoms with E-state index in [1.165, 1.54) is 0 Å². The normalized spacial score (nSPS) is 11.8. The average molecular weight is 791 g/mol. The van der Waals surface area contributed by atoms with Crippen LogP contribution in [0, 0.1) is 22.7 Å². The molecular weight excluding hydrogens is 761 g/mol. The van der Waals surface area contributed by atoms with E-state index < -0.39 is 0 Å². The van der Waals surface area contributed by atoms with E-state index >= 15 is 0 Å². The van der Waals surface area contributed by atoms with E-state index in [9.17, 15) is 10.5 Å². The highest BCUT2D eigenvalue weighted by Crippen LogP contribution is 2.51. The van der Waals surface area contributed by atoms with E-state index in [0.29, 0.717) is 28.1 Å². The van der Waals surface area contributed by atoms with Crippen molar-refractivity contribution in [2.45, 2.75) is 0 Å². The topological polar surface area (TPSA) is 83.7 Å². The number of nitriles is 2. The first-order chi connectivity index (χ1) is 30.7. The molecule has 0 N–H and O–H groups in total. The number of para-hydroxylation sites is 4. The lowest BCUT2D eigenvalue weighted by atomic mass is 9.86. The first-order valence-corrected chi connectivity index (χ1v) is 20.6. The van der Waals surface area contributed by atoms with Crippen LogP contribution >= 0.6 is 0 Å². The van der Waals surface area contributed by atoms with Crippen molar-refractivity contribution in [2.75, 3.05) is 0 Å². The molecule has 0 radical (unpaired) electrons. The van der Waals surface area contributed by atoms with Gasteiger partial charge in [-0.2, -0.15) is 10.5 Å². The smallest absolute Gasteiger partial charge is 0.160 e. The lowest BCUT2D eigenvalue weighted by Crippen LogP contribution is -2.11. The number of hydrogen-bond acceptors (Lipinski definition) is 4. The molecule has 0 bridgehead atoms. The van der Waals surface area contributed by atoms with Gasteiger partial charge in [-0.1, -0.05) is 146 Å². The molecule has 0 aliphatic carbocycles. The highest BCUT2D eigenvalue weighted by Gasteiger charge is 2.33. The zero-order valence-electron chi connectivity index (χ0n) is 32.9. The number of nitrogens with zero attached hydrogens (tertiary/aromatic N) is 4. The van der Waals surface area contributed by atoms with Crippen LogP contribution in [0.4, 0.5) is 0 Å². The molecule has 0 amide bonds. The second kappa shape index (κ2) is 12.8. The van der Waals surface area contributed by atoms with Crippen LogP contribution < -0.4 is 0 Å². The van der Waals surface area contributed by atoms with Crippen LogP contribution in [0.3, 0.4) is 0 Å². The molecule has 4 heterocycles. The van der Waals surface area contributed by atoms with Gasteiger partial charge in [0.25, 0.3) is 0 Å². The lowest BCUT2D eigenvalue weighted by molar-refractivity contribution is 0.671. The fourth-order valence-electron chi connectivity index (χ4n) is 10.1. The minimum absolute atomic E-state index is 0.376. The molecule has 0 saturated carbocycles. The van der Waals surface area contributed by atoms with Gasteiger partial charge >= 0.3 is 0 Å². The van der Waals surface area contributed by atoms with Gasteiger partial charge in [0.2, 0.25) is 0 Å². The summed E-state index contributed by atoms with van der Waals surface area (Å²) < 4.78 is 18.2. The number of aromatic nitrogens is 2. The Bertz CT molecular complexity index is 3890. The molecular formula is C56H30N4O2. The Morgan fingerprint density at radius 1 is 0.339 bits per heavy atom. The van der Waals surface area contributed by atoms with E-state index in [1.54, 1.807) is 0 Å². The third-order valence-electron chi connectivity index (χ3n) is 12.6. The first kappa shape index (κ1) is 34.1. The monoisotopic (exact) mass is 790 g/mol. The van der Waals surface area contributed by atoms with Crippen LogP contribution in [0.1, 0.15) is 11.1 Å². The van der Waals surface area contributed by atoms with Crippen molar-refractivity contribution in [3.63, 3.8) is 0 Å². The maximum absolute atomic E-state index is 11.8. The Morgan fingerprint density at radius 2 is 0.710 bits per heavy atom. The quantitative estimate of drug-likeness (QED) is 0.178. The summed E-state index contributed by atoms with van der Waals surface area (Å²) in [5, 5.41) is 31.6. The van der Waals surface area contributed by atoms with Gasteiger partial charge in [-0.05, 0) is 47.5 Å². The molecule has 286 valence electrons. The van der Waals surface area contributed by atoms with Crippen LogP contribution in [0.2, 0.25) is 0 Å². The summed E-state index contributed by atoms with van der Waals surface area (Å²) in [4.78, 5) is 0. The van der Waals surface area contributed by atoms with Crippen molar-refractivity contribution in [3.8, 4) is 45.8 Å². The van der Waals surface area contributed by atoms with Gasteiger partial charge in [0.1, 0.15) is 23.3 Å². The van der Waals surface area contributed by atoms with Gasteiger partial charge in [0, 0.05) is 54.2 Å². The van der Waals surface area contributed by atoms with Crippen LogP contribution in [-0.4, -0.2) is 9.13 Å². The number of benzene rings is 9. The molecule has 13 rings (SSSR count). The van der Waals surface area contributed by atoms with Crippen molar-refractivity contribution in [1.82, 2.24) is 9.13 Å². The van der Waals surface area contributed by atoms with Crippen LogP contribution in [0.5, 0.6) is 0 Å². The Balaban J connectivity index is 1.35. The molecule has 62 heavy (non-hydrogen) atoms. The Labute approximate surface area is 353 Å². The Kier molecular flexibility index (Phi) is 7.05. The summed E-state index contributed by atoms with van der Waals surface area (Å²) in [5.74, 6) is 0. The molecule has 0 atom stereocenters. The second-order valence-corrected chi connectivity index (χ2v) is 15.7. The molecule has 0 spiro atoms. The average Bonchev–Trinajstić information content (AvgIpc) is 4.09. The molecule has 13 aromatic rings. The van der Waals surface area contributed by atoms with Gasteiger partial charge < -0.3 is 18.0 Å². The van der Waals surface area contributed by atoms with Crippen LogP contribution in [0.15, 0.2) is 191 Å². The first-order valence-electron chi connectivity index (χ1n) is 20.6. The summed E-state index contributed by atoms with van der Waals surface area (Å²) in [6, 6.07) is 66.9. The van der Waals surface area contributed by atoms with Crippen molar-refractivity contribution in [3.05, 3.63) is 193 Å². The van der Waals surface area contributed by atoms with Crippen molar-refractivity contribution in [1.29, 1.82) is 10.5 Å². The highest BCUT2D eigenvalue weighted by molar-refractivity contribution is 6.24. The van der Waals surface area contributed by atoms with E-state index in [4.69, 9.17) is 8.83 Å². The van der Waals surface area contributed by atoms with Crippen molar-refractivity contribution in [2.24, 2.45) is 0 Å². The van der Waals surface area contributed by atoms with E-state index in [0.717, 1.165) is 104 Å². The summed E-state index contributed by atoms with van der Waals surface area (Å²) >= 11 is 0. The largest absolute Gasteiger partial charge is 0.454 e. The standard InChI is InChI=1S/C56H30N4O2/c57-31-43-49(33-15-3-1-4-16-33)44(32-58)52(60-46-24-12-8-20-36(46)40-28-30-42-38-22-10-14-26-48(38)62-56(42)54(40)60)50(34-17-5-2-6-18-34)51(43)59-45-23-11-7-19-35(45)39-27-29-41-37-21-9-13-25-47(37)61-55(41)53(39)59/h1-30H. The maximum atomic E-state index is 11.8. The number of hydrogen-bond donors (Lipinski definition) is 0. The highest BCUT2D eigenvalue weighted by atomic mass is 16.3. The summed E-state index contributed by atoms with van der Waals surface area (Å²) in [6.07, 6.45) is 0. The predicted molar refractivity (Wildman–Crippen MR) is 250 cm³/mol.